The van der Waals surface area contributed by atoms with Crippen LogP contribution in [0.15, 0.2) is 84.9 Å². The van der Waals surface area contributed by atoms with Crippen molar-refractivity contribution in [2.24, 2.45) is 5.92 Å². The van der Waals surface area contributed by atoms with Crippen LogP contribution < -0.4 is 0 Å². The molecule has 3 aromatic carbocycles. The van der Waals surface area contributed by atoms with Gasteiger partial charge in [0.15, 0.2) is 0 Å². The van der Waals surface area contributed by atoms with E-state index >= 15 is 0 Å². The van der Waals surface area contributed by atoms with Gasteiger partial charge in [-0.15, -0.1) is 0 Å². The molecule has 0 saturated heterocycles. The van der Waals surface area contributed by atoms with Gasteiger partial charge in [0.05, 0.1) is 5.92 Å². The molecule has 3 rings (SSSR count). The molecule has 0 aromatic heterocycles. The fourth-order valence-corrected chi connectivity index (χ4v) is 3.59. The van der Waals surface area contributed by atoms with Gasteiger partial charge in [0.2, 0.25) is 0 Å². The molecule has 0 heterocycles. The van der Waals surface area contributed by atoms with Crippen LogP contribution in [0.2, 0.25) is 0 Å². The van der Waals surface area contributed by atoms with Crippen LogP contribution >= 0.6 is 0 Å². The number of halogens is 1. The molecule has 2 unspecified atom stereocenters. The van der Waals surface area contributed by atoms with Gasteiger partial charge in [0, 0.05) is 5.92 Å². The number of aryl methyl sites for hydroxylation is 1. The van der Waals surface area contributed by atoms with E-state index in [1.807, 2.05) is 60.7 Å². The van der Waals surface area contributed by atoms with Crippen molar-refractivity contribution in [2.75, 3.05) is 0 Å². The number of carbonyl (C=O) groups is 1. The topological polar surface area (TPSA) is 37.3 Å². The molecule has 2 atom stereocenters. The largest absolute Gasteiger partial charge is 0.481 e. The van der Waals surface area contributed by atoms with Gasteiger partial charge < -0.3 is 5.11 Å². The van der Waals surface area contributed by atoms with E-state index in [0.717, 1.165) is 11.1 Å². The summed E-state index contributed by atoms with van der Waals surface area (Å²) in [5, 5.41) is 9.93. The minimum atomic E-state index is -0.889. The van der Waals surface area contributed by atoms with E-state index in [2.05, 4.69) is 0 Å². The summed E-state index contributed by atoms with van der Waals surface area (Å²) >= 11 is 0. The minimum Gasteiger partial charge on any atom is -0.481 e. The normalized spacial score (nSPS) is 13.1. The minimum absolute atomic E-state index is 0.338. The Bertz CT molecular complexity index is 862. The lowest BCUT2D eigenvalue weighted by Crippen LogP contribution is -2.25. The first-order valence-corrected chi connectivity index (χ1v) is 9.20. The highest BCUT2D eigenvalue weighted by molar-refractivity contribution is 5.72. The molecule has 0 aliphatic rings. The molecule has 0 radical (unpaired) electrons. The fraction of sp³-hybridized carbons (Fsp3) is 0.208. The summed E-state index contributed by atoms with van der Waals surface area (Å²) in [5.74, 6) is -2.31. The molecule has 3 aromatic rings. The molecular weight excluding hydrogens is 339 g/mol. The van der Waals surface area contributed by atoms with E-state index in [1.165, 1.54) is 6.07 Å². The molecule has 0 aliphatic heterocycles. The Morgan fingerprint density at radius 3 is 1.96 bits per heavy atom. The van der Waals surface area contributed by atoms with Crippen LogP contribution in [0, 0.1) is 11.7 Å². The van der Waals surface area contributed by atoms with Gasteiger partial charge in [0.25, 0.3) is 0 Å². The Hall–Kier alpha value is -2.94. The molecule has 0 spiro atoms. The average molecular weight is 362 g/mol. The number of rotatable bonds is 8. The van der Waals surface area contributed by atoms with Crippen LogP contribution in [-0.4, -0.2) is 11.1 Å². The zero-order valence-corrected chi connectivity index (χ0v) is 15.1. The van der Waals surface area contributed by atoms with Gasteiger partial charge in [-0.2, -0.15) is 0 Å². The zero-order valence-electron chi connectivity index (χ0n) is 15.1. The summed E-state index contributed by atoms with van der Waals surface area (Å²) in [4.78, 5) is 12.1. The van der Waals surface area contributed by atoms with Crippen LogP contribution in [0.4, 0.5) is 4.39 Å². The van der Waals surface area contributed by atoms with Gasteiger partial charge in [0.1, 0.15) is 5.82 Å². The van der Waals surface area contributed by atoms with Crippen LogP contribution in [0.1, 0.15) is 29.0 Å². The number of benzene rings is 3. The molecule has 0 saturated carbocycles. The lowest BCUT2D eigenvalue weighted by molar-refractivity contribution is -0.142. The van der Waals surface area contributed by atoms with Crippen LogP contribution in [0.25, 0.3) is 0 Å². The quantitative estimate of drug-likeness (QED) is 0.576. The van der Waals surface area contributed by atoms with Crippen LogP contribution in [0.3, 0.4) is 0 Å². The molecule has 2 nitrogen and oxygen atoms in total. The first-order chi connectivity index (χ1) is 13.1. The number of hydrogen-bond donors (Lipinski definition) is 1. The van der Waals surface area contributed by atoms with Crippen molar-refractivity contribution in [3.63, 3.8) is 0 Å². The monoisotopic (exact) mass is 362 g/mol. The summed E-state index contributed by atoms with van der Waals surface area (Å²) in [7, 11) is 0. The Morgan fingerprint density at radius 2 is 1.37 bits per heavy atom. The van der Waals surface area contributed by atoms with Gasteiger partial charge >= 0.3 is 5.97 Å². The van der Waals surface area contributed by atoms with E-state index in [0.29, 0.717) is 24.8 Å². The van der Waals surface area contributed by atoms with Gasteiger partial charge in [-0.1, -0.05) is 78.9 Å². The maximum Gasteiger partial charge on any atom is 0.307 e. The molecule has 0 fully saturated rings. The number of carboxylic acid groups (broad SMARTS) is 1. The van der Waals surface area contributed by atoms with E-state index in [1.54, 1.807) is 18.2 Å². The fourth-order valence-electron chi connectivity index (χ4n) is 3.59. The predicted octanol–water partition coefficient (Wildman–Crippen LogP) is 5.49. The number of carboxylic acids is 1. The average Bonchev–Trinajstić information content (AvgIpc) is 2.70. The second kappa shape index (κ2) is 9.13. The predicted molar refractivity (Wildman–Crippen MR) is 105 cm³/mol. The van der Waals surface area contributed by atoms with Crippen molar-refractivity contribution in [1.29, 1.82) is 0 Å². The molecular formula is C24H23FO2. The SMILES string of the molecule is O=C(O)C(Cc1ccccc1)C(CCc1ccccc1)c1ccccc1F. The van der Waals surface area contributed by atoms with Crippen molar-refractivity contribution in [3.05, 3.63) is 107 Å². The number of aliphatic carboxylic acids is 1. The van der Waals surface area contributed by atoms with Crippen molar-refractivity contribution < 1.29 is 14.3 Å². The summed E-state index contributed by atoms with van der Waals surface area (Å²) in [6.07, 6.45) is 1.66. The summed E-state index contributed by atoms with van der Waals surface area (Å²) in [6, 6.07) is 26.0. The highest BCUT2D eigenvalue weighted by atomic mass is 19.1. The first-order valence-electron chi connectivity index (χ1n) is 9.20. The van der Waals surface area contributed by atoms with Crippen LogP contribution in [0.5, 0.6) is 0 Å². The Morgan fingerprint density at radius 1 is 0.815 bits per heavy atom. The Kier molecular flexibility index (Phi) is 6.37. The Labute approximate surface area is 159 Å². The summed E-state index contributed by atoms with van der Waals surface area (Å²) in [5.41, 5.74) is 2.56. The van der Waals surface area contributed by atoms with E-state index in [-0.39, 0.29) is 5.82 Å². The Balaban J connectivity index is 1.90. The van der Waals surface area contributed by atoms with Crippen molar-refractivity contribution in [2.45, 2.75) is 25.2 Å². The maximum absolute atomic E-state index is 14.5. The molecule has 0 bridgehead atoms. The van der Waals surface area contributed by atoms with Crippen LogP contribution in [-0.2, 0) is 17.6 Å². The molecule has 138 valence electrons. The summed E-state index contributed by atoms with van der Waals surface area (Å²) < 4.78 is 14.5. The molecule has 0 amide bonds. The summed E-state index contributed by atoms with van der Waals surface area (Å²) in [6.45, 7) is 0. The van der Waals surface area contributed by atoms with Gasteiger partial charge in [-0.25, -0.2) is 4.39 Å². The van der Waals surface area contributed by atoms with Gasteiger partial charge in [-0.3, -0.25) is 4.79 Å². The second-order valence-corrected chi connectivity index (χ2v) is 6.79. The highest BCUT2D eigenvalue weighted by Gasteiger charge is 2.31. The molecule has 0 aliphatic carbocycles. The standard InChI is InChI=1S/C24H23FO2/c25-23-14-8-7-13-21(23)20(16-15-18-9-3-1-4-10-18)22(24(26)27)17-19-11-5-2-6-12-19/h1-14,20,22H,15-17H2,(H,26,27). The van der Waals surface area contributed by atoms with E-state index in [9.17, 15) is 14.3 Å². The third-order valence-electron chi connectivity index (χ3n) is 4.99. The first kappa shape index (κ1) is 18.8. The molecule has 27 heavy (non-hydrogen) atoms. The molecule has 1 N–H and O–H groups in total. The van der Waals surface area contributed by atoms with E-state index < -0.39 is 17.8 Å². The lowest BCUT2D eigenvalue weighted by Gasteiger charge is -2.25. The maximum atomic E-state index is 14.5. The molecule has 3 heteroatoms. The zero-order chi connectivity index (χ0) is 19.1. The van der Waals surface area contributed by atoms with Crippen molar-refractivity contribution in [3.8, 4) is 0 Å². The number of hydrogen-bond acceptors (Lipinski definition) is 1. The smallest absolute Gasteiger partial charge is 0.307 e. The third kappa shape index (κ3) is 5.04. The van der Waals surface area contributed by atoms with Crippen molar-refractivity contribution in [1.82, 2.24) is 0 Å². The van der Waals surface area contributed by atoms with E-state index in [4.69, 9.17) is 0 Å². The van der Waals surface area contributed by atoms with Crippen molar-refractivity contribution >= 4 is 5.97 Å². The second-order valence-electron chi connectivity index (χ2n) is 6.79. The lowest BCUT2D eigenvalue weighted by atomic mass is 9.78. The third-order valence-corrected chi connectivity index (χ3v) is 4.99. The van der Waals surface area contributed by atoms with Gasteiger partial charge in [-0.05, 0) is 42.0 Å². The highest BCUT2D eigenvalue weighted by Crippen LogP contribution is 2.34.